The number of imidazole rings is 1. The molecule has 0 atom stereocenters. The second-order valence-electron chi connectivity index (χ2n) is 7.38. The number of rotatable bonds is 11. The molecule has 1 amide bonds. The SMILES string of the molecule is COc1ccc(OCCCCn2c(CCNC(=O)c3ccco3)nc3ccccc32)cc1. The summed E-state index contributed by atoms with van der Waals surface area (Å²) in [4.78, 5) is 16.9. The Morgan fingerprint density at radius 1 is 1.03 bits per heavy atom. The molecular weight excluding hydrogens is 406 g/mol. The van der Waals surface area contributed by atoms with Crippen LogP contribution in [-0.4, -0.2) is 35.7 Å². The van der Waals surface area contributed by atoms with Gasteiger partial charge in [-0.15, -0.1) is 0 Å². The van der Waals surface area contributed by atoms with Gasteiger partial charge in [0.05, 0.1) is 31.0 Å². The highest BCUT2D eigenvalue weighted by atomic mass is 16.5. The number of carbonyl (C=O) groups is 1. The number of benzene rings is 2. The van der Waals surface area contributed by atoms with Crippen LogP contribution in [0.4, 0.5) is 0 Å². The first-order valence-corrected chi connectivity index (χ1v) is 10.8. The van der Waals surface area contributed by atoms with Crippen molar-refractivity contribution in [2.24, 2.45) is 0 Å². The largest absolute Gasteiger partial charge is 0.497 e. The van der Waals surface area contributed by atoms with E-state index >= 15 is 0 Å². The summed E-state index contributed by atoms with van der Waals surface area (Å²) in [6, 6.07) is 19.1. The van der Waals surface area contributed by atoms with Gasteiger partial charge in [0, 0.05) is 19.5 Å². The van der Waals surface area contributed by atoms with Gasteiger partial charge in [-0.3, -0.25) is 4.79 Å². The molecule has 0 bridgehead atoms. The lowest BCUT2D eigenvalue weighted by molar-refractivity contribution is 0.0926. The number of methoxy groups -OCH3 is 1. The van der Waals surface area contributed by atoms with E-state index in [0.29, 0.717) is 25.3 Å². The quantitative estimate of drug-likeness (QED) is 0.353. The fraction of sp³-hybridized carbons (Fsp3) is 0.280. The number of ether oxygens (including phenoxy) is 2. The maximum Gasteiger partial charge on any atom is 0.286 e. The van der Waals surface area contributed by atoms with Crippen LogP contribution in [0.25, 0.3) is 11.0 Å². The van der Waals surface area contributed by atoms with Gasteiger partial charge in [0.1, 0.15) is 17.3 Å². The number of para-hydroxylation sites is 2. The Hall–Kier alpha value is -3.74. The molecule has 7 nitrogen and oxygen atoms in total. The standard InChI is InChI=1S/C25H27N3O4/c1-30-19-10-12-20(13-11-19)31-17-5-4-16-28-22-8-3-2-7-21(22)27-24(28)14-15-26-25(29)23-9-6-18-32-23/h2-3,6-13,18H,4-5,14-17H2,1H3,(H,26,29). The number of fused-ring (bicyclic) bond motifs is 1. The third-order valence-electron chi connectivity index (χ3n) is 5.22. The number of aromatic nitrogens is 2. The van der Waals surface area contributed by atoms with Gasteiger partial charge in [0.2, 0.25) is 0 Å². The molecule has 0 radical (unpaired) electrons. The molecule has 1 N–H and O–H groups in total. The highest BCUT2D eigenvalue weighted by Crippen LogP contribution is 2.19. The zero-order valence-electron chi connectivity index (χ0n) is 18.1. The van der Waals surface area contributed by atoms with Crippen molar-refractivity contribution in [3.05, 3.63) is 78.5 Å². The molecule has 0 aliphatic carbocycles. The third kappa shape index (κ3) is 5.29. The lowest BCUT2D eigenvalue weighted by Gasteiger charge is -2.11. The van der Waals surface area contributed by atoms with Crippen LogP contribution in [-0.2, 0) is 13.0 Å². The van der Waals surface area contributed by atoms with Crippen LogP contribution < -0.4 is 14.8 Å². The molecule has 0 saturated heterocycles. The number of unbranched alkanes of at least 4 members (excludes halogenated alkanes) is 1. The predicted octanol–water partition coefficient (Wildman–Crippen LogP) is 4.47. The summed E-state index contributed by atoms with van der Waals surface area (Å²) in [5.74, 6) is 2.72. The first kappa shape index (κ1) is 21.5. The van der Waals surface area contributed by atoms with Crippen LogP contribution in [0.1, 0.15) is 29.2 Å². The van der Waals surface area contributed by atoms with Crippen LogP contribution in [0.2, 0.25) is 0 Å². The van der Waals surface area contributed by atoms with Crippen LogP contribution in [0.15, 0.2) is 71.3 Å². The number of amides is 1. The molecule has 0 spiro atoms. The zero-order chi connectivity index (χ0) is 22.2. The van der Waals surface area contributed by atoms with Gasteiger partial charge >= 0.3 is 0 Å². The molecule has 0 unspecified atom stereocenters. The van der Waals surface area contributed by atoms with E-state index < -0.39 is 0 Å². The second-order valence-corrected chi connectivity index (χ2v) is 7.38. The molecule has 2 heterocycles. The summed E-state index contributed by atoms with van der Waals surface area (Å²) in [7, 11) is 1.65. The van der Waals surface area contributed by atoms with Crippen molar-refractivity contribution in [2.75, 3.05) is 20.3 Å². The number of nitrogens with one attached hydrogen (secondary N) is 1. The fourth-order valence-corrected chi connectivity index (χ4v) is 3.58. The molecule has 7 heteroatoms. The van der Waals surface area contributed by atoms with E-state index in [9.17, 15) is 4.79 Å². The number of hydrogen-bond acceptors (Lipinski definition) is 5. The van der Waals surface area contributed by atoms with Gasteiger partial charge in [-0.05, 0) is 61.4 Å². The number of carbonyl (C=O) groups excluding carboxylic acids is 1. The molecule has 32 heavy (non-hydrogen) atoms. The van der Waals surface area contributed by atoms with Gasteiger partial charge in [0.15, 0.2) is 5.76 Å². The summed E-state index contributed by atoms with van der Waals surface area (Å²) in [5, 5.41) is 2.89. The Kier molecular flexibility index (Phi) is 7.07. The van der Waals surface area contributed by atoms with Crippen molar-refractivity contribution in [1.29, 1.82) is 0 Å². The Balaban J connectivity index is 1.31. The van der Waals surface area contributed by atoms with Gasteiger partial charge < -0.3 is 23.8 Å². The normalized spacial score (nSPS) is 10.9. The Labute approximate surface area is 187 Å². The predicted molar refractivity (Wildman–Crippen MR) is 122 cm³/mol. The summed E-state index contributed by atoms with van der Waals surface area (Å²) in [6.45, 7) is 1.98. The summed E-state index contributed by atoms with van der Waals surface area (Å²) in [6.07, 6.45) is 4.02. The molecule has 2 aromatic heterocycles. The molecular formula is C25H27N3O4. The first-order valence-electron chi connectivity index (χ1n) is 10.8. The van der Waals surface area contributed by atoms with E-state index in [2.05, 4.69) is 16.0 Å². The van der Waals surface area contributed by atoms with Gasteiger partial charge in [-0.1, -0.05) is 12.1 Å². The van der Waals surface area contributed by atoms with Gasteiger partial charge in [-0.2, -0.15) is 0 Å². The first-order chi connectivity index (χ1) is 15.7. The summed E-state index contributed by atoms with van der Waals surface area (Å²) >= 11 is 0. The molecule has 4 aromatic rings. The van der Waals surface area contributed by atoms with Crippen molar-refractivity contribution in [1.82, 2.24) is 14.9 Å². The average Bonchev–Trinajstić information content (AvgIpc) is 3.48. The number of aryl methyl sites for hydroxylation is 1. The molecule has 4 rings (SSSR count). The highest BCUT2D eigenvalue weighted by molar-refractivity contribution is 5.91. The number of hydrogen-bond donors (Lipinski definition) is 1. The van der Waals surface area contributed by atoms with Crippen molar-refractivity contribution in [2.45, 2.75) is 25.8 Å². The summed E-state index contributed by atoms with van der Waals surface area (Å²) < 4.78 is 18.4. The van der Waals surface area contributed by atoms with Gasteiger partial charge in [-0.25, -0.2) is 4.98 Å². The second kappa shape index (κ2) is 10.5. The Morgan fingerprint density at radius 3 is 2.62 bits per heavy atom. The average molecular weight is 434 g/mol. The van der Waals surface area contributed by atoms with E-state index in [4.69, 9.17) is 18.9 Å². The lowest BCUT2D eigenvalue weighted by Crippen LogP contribution is -2.26. The number of furan rings is 1. The van der Waals surface area contributed by atoms with Gasteiger partial charge in [0.25, 0.3) is 5.91 Å². The molecule has 0 saturated carbocycles. The van der Waals surface area contributed by atoms with E-state index in [1.165, 1.54) is 6.26 Å². The smallest absolute Gasteiger partial charge is 0.286 e. The van der Waals surface area contributed by atoms with Crippen LogP contribution in [0.3, 0.4) is 0 Å². The third-order valence-corrected chi connectivity index (χ3v) is 5.22. The minimum absolute atomic E-state index is 0.214. The van der Waals surface area contributed by atoms with Crippen LogP contribution in [0, 0.1) is 0 Å². The molecule has 0 fully saturated rings. The van der Waals surface area contributed by atoms with Crippen molar-refractivity contribution in [3.8, 4) is 11.5 Å². The van der Waals surface area contributed by atoms with E-state index in [1.807, 2.05) is 42.5 Å². The fourth-order valence-electron chi connectivity index (χ4n) is 3.58. The van der Waals surface area contributed by atoms with E-state index in [1.54, 1.807) is 19.2 Å². The van der Waals surface area contributed by atoms with Crippen molar-refractivity contribution in [3.63, 3.8) is 0 Å². The summed E-state index contributed by atoms with van der Waals surface area (Å²) in [5.41, 5.74) is 2.07. The zero-order valence-corrected chi connectivity index (χ0v) is 18.1. The topological polar surface area (TPSA) is 78.5 Å². The molecule has 0 aliphatic rings. The Bertz CT molecular complexity index is 1130. The minimum Gasteiger partial charge on any atom is -0.497 e. The lowest BCUT2D eigenvalue weighted by atomic mass is 10.2. The van der Waals surface area contributed by atoms with Crippen LogP contribution >= 0.6 is 0 Å². The van der Waals surface area contributed by atoms with E-state index in [-0.39, 0.29) is 5.91 Å². The van der Waals surface area contributed by atoms with Crippen molar-refractivity contribution >= 4 is 16.9 Å². The van der Waals surface area contributed by atoms with Crippen molar-refractivity contribution < 1.29 is 18.7 Å². The highest BCUT2D eigenvalue weighted by Gasteiger charge is 2.12. The molecule has 2 aromatic carbocycles. The number of nitrogens with zero attached hydrogens (tertiary/aromatic N) is 2. The maximum absolute atomic E-state index is 12.1. The molecule has 0 aliphatic heterocycles. The van der Waals surface area contributed by atoms with Crippen LogP contribution in [0.5, 0.6) is 11.5 Å². The minimum atomic E-state index is -0.214. The maximum atomic E-state index is 12.1. The molecule has 166 valence electrons. The Morgan fingerprint density at radius 2 is 1.84 bits per heavy atom. The van der Waals surface area contributed by atoms with E-state index in [0.717, 1.165) is 47.7 Å². The monoisotopic (exact) mass is 433 g/mol.